The number of unbranched alkanes of at least 4 members (excludes halogenated alkanes) is 2. The molecule has 0 saturated carbocycles. The number of carbonyl (C=O) groups excluding carboxylic acids is 5. The van der Waals surface area contributed by atoms with Crippen molar-refractivity contribution in [3.05, 3.63) is 51.6 Å². The summed E-state index contributed by atoms with van der Waals surface area (Å²) in [7, 11) is 0.700. The SMILES string of the molecule is CCCCCC(=O)SCC(=O)OCC(=O)C1(O)Cc2c(O)c3c(c(O)c2C(OC2CC(N)C(O)C(C)O2)C1)C(=O)c1c(OC)cccc1C3=O.CS(C)=O. The van der Waals surface area contributed by atoms with E-state index < -0.39 is 112 Å². The Balaban J connectivity index is 0.00000155. The minimum absolute atomic E-state index is 0.0319. The molecule has 1 aliphatic heterocycles. The van der Waals surface area contributed by atoms with Gasteiger partial charge in [0, 0.05) is 71.7 Å². The smallest absolute Gasteiger partial charge is 0.316 e. The lowest BCUT2D eigenvalue weighted by Crippen LogP contribution is -2.53. The van der Waals surface area contributed by atoms with Gasteiger partial charge in [-0.1, -0.05) is 43.7 Å². The Morgan fingerprint density at radius 3 is 2.37 bits per heavy atom. The number of aromatic hydroxyl groups is 2. The summed E-state index contributed by atoms with van der Waals surface area (Å²) in [4.78, 5) is 65.6. The standard InChI is InChI=1S/C35H41NO13S.C2H6OS/c1-4-5-6-10-24(39)50-15-23(38)47-14-22(37)35(45)12-18-27(21(13-35)49-25-11-19(36)30(40)16(2)48-25)34(44)29-28(32(18)42)31(41)17-8-7-9-20(46-3)26(17)33(29)43;1-4(2)3/h7-9,16,19,21,25,30,40,42,44-45H,4-6,10-15,36H2,1-3H3;1-2H3. The van der Waals surface area contributed by atoms with E-state index in [0.717, 1.165) is 24.6 Å². The van der Waals surface area contributed by atoms with Gasteiger partial charge >= 0.3 is 5.97 Å². The number of phenols is 2. The average molecular weight is 794 g/mol. The normalized spacial score (nSPS) is 24.4. The lowest BCUT2D eigenvalue weighted by Gasteiger charge is -2.42. The van der Waals surface area contributed by atoms with Crippen LogP contribution in [0.1, 0.15) is 101 Å². The van der Waals surface area contributed by atoms with Gasteiger partial charge in [-0.05, 0) is 19.4 Å². The molecule has 1 saturated heterocycles. The molecule has 0 radical (unpaired) electrons. The number of aliphatic hydroxyl groups is 2. The number of benzene rings is 2. The lowest BCUT2D eigenvalue weighted by atomic mass is 9.72. The van der Waals surface area contributed by atoms with Crippen LogP contribution >= 0.6 is 11.8 Å². The third-order valence-electron chi connectivity index (χ3n) is 9.36. The van der Waals surface area contributed by atoms with Crippen molar-refractivity contribution in [3.63, 3.8) is 0 Å². The highest BCUT2D eigenvalue weighted by molar-refractivity contribution is 8.14. The molecule has 0 amide bonds. The van der Waals surface area contributed by atoms with Crippen molar-refractivity contribution in [2.45, 2.75) is 95.0 Å². The third kappa shape index (κ3) is 9.38. The number of Topliss-reactive ketones (excluding diaryl/α,β-unsaturated/α-hetero) is 1. The zero-order chi connectivity index (χ0) is 40.1. The lowest BCUT2D eigenvalue weighted by molar-refractivity contribution is -0.247. The van der Waals surface area contributed by atoms with Crippen LogP contribution in [0.15, 0.2) is 18.2 Å². The van der Waals surface area contributed by atoms with Gasteiger partial charge in [0.2, 0.25) is 11.6 Å². The molecule has 6 atom stereocenters. The average Bonchev–Trinajstić information content (AvgIpc) is 3.11. The van der Waals surface area contributed by atoms with E-state index in [9.17, 15) is 48.6 Å². The fourth-order valence-electron chi connectivity index (χ4n) is 6.66. The molecule has 0 bridgehead atoms. The summed E-state index contributed by atoms with van der Waals surface area (Å²) in [6.45, 7) is 2.67. The van der Waals surface area contributed by atoms with Gasteiger partial charge in [0.05, 0.1) is 47.9 Å². The Morgan fingerprint density at radius 1 is 1.07 bits per heavy atom. The molecule has 2 aromatic rings. The second kappa shape index (κ2) is 18.3. The fraction of sp³-hybridized carbons (Fsp3) is 0.541. The van der Waals surface area contributed by atoms with E-state index in [0.29, 0.717) is 12.8 Å². The Bertz CT molecular complexity index is 1800. The molecule has 15 nitrogen and oxygen atoms in total. The number of rotatable bonds is 12. The first-order valence-corrected chi connectivity index (χ1v) is 20.3. The van der Waals surface area contributed by atoms with E-state index in [4.69, 9.17) is 24.7 Å². The van der Waals surface area contributed by atoms with Crippen LogP contribution in [0.2, 0.25) is 0 Å². The molecule has 6 N–H and O–H groups in total. The van der Waals surface area contributed by atoms with Gasteiger partial charge in [-0.15, -0.1) is 0 Å². The first-order valence-electron chi connectivity index (χ1n) is 17.4. The van der Waals surface area contributed by atoms with E-state index in [1.807, 2.05) is 6.92 Å². The summed E-state index contributed by atoms with van der Waals surface area (Å²) >= 11 is 0.769. The highest BCUT2D eigenvalue weighted by Gasteiger charge is 2.50. The van der Waals surface area contributed by atoms with Gasteiger partial charge in [0.1, 0.15) is 22.8 Å². The van der Waals surface area contributed by atoms with E-state index in [-0.39, 0.29) is 45.3 Å². The second-order valence-electron chi connectivity index (χ2n) is 13.5. The zero-order valence-corrected chi connectivity index (χ0v) is 32.4. The minimum Gasteiger partial charge on any atom is -0.507 e. The number of methoxy groups -OCH3 is 1. The Morgan fingerprint density at radius 2 is 1.74 bits per heavy atom. The summed E-state index contributed by atoms with van der Waals surface area (Å²) in [6, 6.07) is 3.54. The van der Waals surface area contributed by atoms with Crippen molar-refractivity contribution in [3.8, 4) is 17.2 Å². The molecule has 0 aromatic heterocycles. The molecule has 3 aliphatic rings. The number of carbonyl (C=O) groups is 5. The summed E-state index contributed by atoms with van der Waals surface area (Å²) < 4.78 is 31.9. The monoisotopic (exact) mass is 793 g/mol. The van der Waals surface area contributed by atoms with Gasteiger partial charge < -0.3 is 45.1 Å². The van der Waals surface area contributed by atoms with Crippen molar-refractivity contribution < 1.29 is 67.6 Å². The Labute approximate surface area is 319 Å². The largest absolute Gasteiger partial charge is 0.507 e. The van der Waals surface area contributed by atoms with Gasteiger partial charge in [-0.2, -0.15) is 0 Å². The van der Waals surface area contributed by atoms with Gasteiger partial charge in [0.15, 0.2) is 23.8 Å². The molecular formula is C37H47NO14S2. The molecule has 1 fully saturated rings. The highest BCUT2D eigenvalue weighted by atomic mass is 32.2. The predicted octanol–water partition coefficient (Wildman–Crippen LogP) is 2.39. The quantitative estimate of drug-likeness (QED) is 0.100. The number of fused-ring (bicyclic) bond motifs is 3. The zero-order valence-electron chi connectivity index (χ0n) is 30.7. The van der Waals surface area contributed by atoms with Crippen molar-refractivity contribution >= 4 is 51.0 Å². The minimum atomic E-state index is -2.37. The number of hydrogen-bond acceptors (Lipinski definition) is 16. The van der Waals surface area contributed by atoms with Crippen molar-refractivity contribution in [2.75, 3.05) is 32.0 Å². The van der Waals surface area contributed by atoms with E-state index in [1.165, 1.54) is 25.3 Å². The predicted molar refractivity (Wildman–Crippen MR) is 197 cm³/mol. The van der Waals surface area contributed by atoms with Crippen molar-refractivity contribution in [1.82, 2.24) is 0 Å². The molecule has 54 heavy (non-hydrogen) atoms. The fourth-order valence-corrected chi connectivity index (χ4v) is 7.31. The summed E-state index contributed by atoms with van der Waals surface area (Å²) in [6.07, 6.45) is 0.481. The van der Waals surface area contributed by atoms with Crippen LogP contribution < -0.4 is 10.5 Å². The summed E-state index contributed by atoms with van der Waals surface area (Å²) in [5, 5.41) is 45.2. The maximum Gasteiger partial charge on any atom is 0.316 e. The number of thioether (sulfide) groups is 1. The first-order chi connectivity index (χ1) is 25.4. The van der Waals surface area contributed by atoms with Crippen molar-refractivity contribution in [1.29, 1.82) is 0 Å². The number of nitrogens with two attached hydrogens (primary N) is 1. The van der Waals surface area contributed by atoms with Crippen LogP contribution in [0.3, 0.4) is 0 Å². The van der Waals surface area contributed by atoms with Crippen LogP contribution in [0, 0.1) is 0 Å². The van der Waals surface area contributed by atoms with Crippen LogP contribution in [0.4, 0.5) is 0 Å². The van der Waals surface area contributed by atoms with Crippen LogP contribution in [0.5, 0.6) is 17.2 Å². The highest BCUT2D eigenvalue weighted by Crippen LogP contribution is 2.52. The van der Waals surface area contributed by atoms with E-state index >= 15 is 0 Å². The second-order valence-corrected chi connectivity index (χ2v) is 16.0. The third-order valence-corrected chi connectivity index (χ3v) is 10.3. The number of esters is 1. The van der Waals surface area contributed by atoms with E-state index in [1.54, 1.807) is 19.4 Å². The van der Waals surface area contributed by atoms with Crippen LogP contribution in [0.25, 0.3) is 0 Å². The maximum absolute atomic E-state index is 13.9. The summed E-state index contributed by atoms with van der Waals surface area (Å²) in [5.74, 6) is -5.17. The van der Waals surface area contributed by atoms with Gasteiger partial charge in [-0.25, -0.2) is 0 Å². The number of ketones is 3. The topological polar surface area (TPSA) is 246 Å². The molecular weight excluding hydrogens is 747 g/mol. The summed E-state index contributed by atoms with van der Waals surface area (Å²) in [5.41, 5.74) is 2.08. The number of aliphatic hydroxyl groups excluding tert-OH is 1. The Hall–Kier alpha value is -3.71. The van der Waals surface area contributed by atoms with Gasteiger partial charge in [-0.3, -0.25) is 28.2 Å². The molecule has 296 valence electrons. The molecule has 17 heteroatoms. The van der Waals surface area contributed by atoms with Gasteiger partial charge in [0.25, 0.3) is 0 Å². The maximum atomic E-state index is 13.9. The number of phenolic OH excluding ortho intramolecular Hbond substituents is 2. The molecule has 2 aliphatic carbocycles. The molecule has 1 heterocycles. The van der Waals surface area contributed by atoms with Crippen LogP contribution in [-0.4, -0.2) is 115 Å². The van der Waals surface area contributed by atoms with E-state index in [2.05, 4.69) is 0 Å². The number of hydrogen-bond donors (Lipinski definition) is 5. The first kappa shape index (κ1) is 43.0. The Kier molecular flexibility index (Phi) is 14.6. The van der Waals surface area contributed by atoms with Crippen molar-refractivity contribution in [2.24, 2.45) is 5.73 Å². The molecule has 6 unspecified atom stereocenters. The van der Waals surface area contributed by atoms with Crippen LogP contribution in [-0.2, 0) is 45.8 Å². The molecule has 2 aromatic carbocycles. The molecule has 0 spiro atoms. The molecule has 5 rings (SSSR count). The number of ether oxygens (including phenoxy) is 4.